The number of fused-ring (bicyclic) bond motifs is 4. The van der Waals surface area contributed by atoms with Crippen molar-refractivity contribution in [2.24, 2.45) is 28.2 Å². The van der Waals surface area contributed by atoms with Crippen LogP contribution in [-0.4, -0.2) is 19.9 Å². The Labute approximate surface area is 607 Å². The molecule has 0 radical (unpaired) electrons. The van der Waals surface area contributed by atoms with Crippen LogP contribution in [0, 0.1) is 106 Å². The molecule has 0 aliphatic heterocycles. The van der Waals surface area contributed by atoms with Crippen molar-refractivity contribution in [2.75, 3.05) is 0 Å². The van der Waals surface area contributed by atoms with Crippen LogP contribution >= 0.6 is 0 Å². The van der Waals surface area contributed by atoms with E-state index in [2.05, 4.69) is 101 Å². The van der Waals surface area contributed by atoms with E-state index in [-0.39, 0.29) is 23.3 Å². The molecule has 4 aromatic heterocycles. The van der Waals surface area contributed by atoms with Crippen LogP contribution in [-0.2, 0) is 28.2 Å². The van der Waals surface area contributed by atoms with Crippen LogP contribution in [0.1, 0.15) is 209 Å². The highest BCUT2D eigenvalue weighted by Crippen LogP contribution is 2.44. The first-order chi connectivity index (χ1) is 49.4. The molecule has 0 spiro atoms. The monoisotopic (exact) mass is 1380 g/mol. The summed E-state index contributed by atoms with van der Waals surface area (Å²) in [5.74, 6) is 2.19. The Morgan fingerprint density at radius 1 is 0.291 bits per heavy atom. The van der Waals surface area contributed by atoms with E-state index in [0.717, 1.165) is 133 Å². The van der Waals surface area contributed by atoms with Gasteiger partial charge in [0.1, 0.15) is 46.0 Å². The highest BCUT2D eigenvalue weighted by atomic mass is 19.1. The van der Waals surface area contributed by atoms with E-state index in [1.807, 2.05) is 161 Å². The van der Waals surface area contributed by atoms with Crippen LogP contribution in [0.2, 0.25) is 0 Å². The van der Waals surface area contributed by atoms with E-state index in [1.165, 1.54) is 119 Å². The van der Waals surface area contributed by atoms with Crippen molar-refractivity contribution in [1.82, 2.24) is 19.9 Å². The lowest BCUT2D eigenvalue weighted by Gasteiger charge is -2.25. The van der Waals surface area contributed by atoms with Gasteiger partial charge in [0.05, 0.1) is 49.7 Å². The third-order valence-corrected chi connectivity index (χ3v) is 24.1. The molecule has 0 saturated heterocycles. The third kappa shape index (κ3) is 13.8. The molecule has 4 aliphatic rings. The Kier molecular flexibility index (Phi) is 21.0. The second-order valence-electron chi connectivity index (χ2n) is 30.6. The zero-order valence-corrected chi connectivity index (χ0v) is 63.6. The number of aryl methyl sites for hydroxylation is 8. The first-order valence-electron chi connectivity index (χ1n) is 37.6. The molecule has 8 nitrogen and oxygen atoms in total. The third-order valence-electron chi connectivity index (χ3n) is 24.1. The summed E-state index contributed by atoms with van der Waals surface area (Å²) < 4.78 is 65.6. The van der Waals surface area contributed by atoms with Crippen LogP contribution in [0.25, 0.3) is 88.6 Å². The summed E-state index contributed by atoms with van der Waals surface area (Å²) in [6.07, 6.45) is 26.9. The van der Waals surface area contributed by atoms with Crippen molar-refractivity contribution in [1.29, 1.82) is 0 Å². The molecule has 530 valence electrons. The van der Waals surface area contributed by atoms with Gasteiger partial charge >= 0.3 is 0 Å². The summed E-state index contributed by atoms with van der Waals surface area (Å²) in [6.45, 7) is 22.9. The summed E-state index contributed by atoms with van der Waals surface area (Å²) in [7, 11) is 8.08. The van der Waals surface area contributed by atoms with Crippen LogP contribution in [0.3, 0.4) is 0 Å². The number of hydrogen-bond donors (Lipinski definition) is 0. The first kappa shape index (κ1) is 72.2. The van der Waals surface area contributed by atoms with Crippen LogP contribution in [0.5, 0.6) is 0 Å². The lowest BCUT2D eigenvalue weighted by molar-refractivity contribution is -0.662. The maximum Gasteiger partial charge on any atom is 0.287 e. The smallest absolute Gasteiger partial charge is 0.232 e. The summed E-state index contributed by atoms with van der Waals surface area (Å²) in [6, 6.07) is 34.4. The van der Waals surface area contributed by atoms with Crippen molar-refractivity contribution in [3.63, 3.8) is 0 Å². The van der Waals surface area contributed by atoms with Gasteiger partial charge in [-0.1, -0.05) is 81.3 Å². The SMILES string of the molecule is Cc1cc(-c2c3cc(C4CCCC4)ccc3nc[n+]2C)c(C)c(C)c1F.Cc1cc(-c2c3ccc(C4CCCC4)cc3nc[n+]2C)c(C)c(C)c1F.Cc1cc(-c2c3cccc(C4CCC4)c3nc[n+]2C)c(C)c(C)c1F.Cc1cc(-c2c3cccc(C4CCCC4)c3nc[n+]2C)c(C)c(C)c1F. The van der Waals surface area contributed by atoms with Gasteiger partial charge in [0.15, 0.2) is 22.1 Å². The molecule has 0 unspecified atom stereocenters. The van der Waals surface area contributed by atoms with Gasteiger partial charge in [0.2, 0.25) is 0 Å². The fraction of sp³-hybridized carbons (Fsp3) is 0.385. The molecule has 0 N–H and O–H groups in total. The minimum Gasteiger partial charge on any atom is -0.232 e. The average Bonchev–Trinajstić information content (AvgIpc) is 1.00. The molecule has 4 fully saturated rings. The molecule has 103 heavy (non-hydrogen) atoms. The lowest BCUT2D eigenvalue weighted by atomic mass is 9.79. The Morgan fingerprint density at radius 3 is 0.971 bits per heavy atom. The molecule has 0 amide bonds. The Balaban J connectivity index is 0.000000122. The van der Waals surface area contributed by atoms with Crippen molar-refractivity contribution >= 4 is 43.6 Å². The van der Waals surface area contributed by atoms with E-state index in [1.54, 1.807) is 0 Å². The van der Waals surface area contributed by atoms with Gasteiger partial charge in [-0.15, -0.1) is 0 Å². The van der Waals surface area contributed by atoms with Gasteiger partial charge in [-0.25, -0.2) is 35.8 Å². The number of benzene rings is 8. The highest BCUT2D eigenvalue weighted by molar-refractivity contribution is 5.96. The molecule has 8 aromatic carbocycles. The average molecular weight is 1380 g/mol. The van der Waals surface area contributed by atoms with Gasteiger partial charge < -0.3 is 0 Å². The Bertz CT molecular complexity index is 5230. The van der Waals surface area contributed by atoms with Crippen LogP contribution in [0.4, 0.5) is 17.6 Å². The molecule has 16 rings (SSSR count). The second kappa shape index (κ2) is 29.9. The van der Waals surface area contributed by atoms with Gasteiger partial charge in [0, 0.05) is 33.4 Å². The Morgan fingerprint density at radius 2 is 0.602 bits per heavy atom. The summed E-state index contributed by atoms with van der Waals surface area (Å²) in [4.78, 5) is 18.8. The minimum atomic E-state index is -0.101. The van der Waals surface area contributed by atoms with Crippen molar-refractivity contribution < 1.29 is 35.8 Å². The molecule has 12 heteroatoms. The van der Waals surface area contributed by atoms with E-state index >= 15 is 0 Å². The number of halogens is 4. The normalized spacial score (nSPS) is 15.0. The predicted molar refractivity (Wildman–Crippen MR) is 410 cm³/mol. The highest BCUT2D eigenvalue weighted by Gasteiger charge is 2.31. The molecule has 4 aliphatic carbocycles. The largest absolute Gasteiger partial charge is 0.287 e. The maximum absolute atomic E-state index is 14.4. The van der Waals surface area contributed by atoms with Crippen LogP contribution < -0.4 is 18.3 Å². The molecule has 12 aromatic rings. The molecule has 0 atom stereocenters. The molecule has 4 heterocycles. The van der Waals surface area contributed by atoms with Crippen molar-refractivity contribution in [3.05, 3.63) is 235 Å². The molecule has 4 saturated carbocycles. The molecule has 0 bridgehead atoms. The zero-order chi connectivity index (χ0) is 73.0. The maximum atomic E-state index is 14.4. The minimum absolute atomic E-state index is 0.0982. The quantitative estimate of drug-likeness (QED) is 0.112. The molecular weight excluding hydrogens is 1280 g/mol. The zero-order valence-electron chi connectivity index (χ0n) is 63.6. The van der Waals surface area contributed by atoms with E-state index in [9.17, 15) is 17.6 Å². The first-order valence-corrected chi connectivity index (χ1v) is 37.6. The lowest BCUT2D eigenvalue weighted by Crippen LogP contribution is -2.32. The summed E-state index contributed by atoms with van der Waals surface area (Å²) >= 11 is 0. The van der Waals surface area contributed by atoms with E-state index in [0.29, 0.717) is 45.9 Å². The van der Waals surface area contributed by atoms with E-state index in [4.69, 9.17) is 9.97 Å². The number of rotatable bonds is 8. The molecular formula is C91H102F4N8+4. The number of para-hydroxylation sites is 2. The fourth-order valence-corrected chi connectivity index (χ4v) is 17.2. The van der Waals surface area contributed by atoms with Crippen molar-refractivity contribution in [3.8, 4) is 45.0 Å². The number of aromatic nitrogens is 8. The van der Waals surface area contributed by atoms with Gasteiger partial charge in [-0.05, 0) is 317 Å². The van der Waals surface area contributed by atoms with E-state index < -0.39 is 0 Å². The predicted octanol–water partition coefficient (Wildman–Crippen LogP) is 21.4. The summed E-state index contributed by atoms with van der Waals surface area (Å²) in [5, 5.41) is 4.61. The van der Waals surface area contributed by atoms with Crippen molar-refractivity contribution in [2.45, 2.75) is 203 Å². The van der Waals surface area contributed by atoms with Crippen LogP contribution in [0.15, 0.2) is 122 Å². The van der Waals surface area contributed by atoms with Gasteiger partial charge in [0.25, 0.3) is 25.3 Å². The summed E-state index contributed by atoms with van der Waals surface area (Å²) in [5.41, 5.74) is 28.3. The van der Waals surface area contributed by atoms with Gasteiger partial charge in [-0.3, -0.25) is 0 Å². The number of hydrogen-bond acceptors (Lipinski definition) is 4. The Hall–Kier alpha value is -9.16. The van der Waals surface area contributed by atoms with Gasteiger partial charge in [-0.2, -0.15) is 0 Å². The number of nitrogens with zero attached hydrogens (tertiary/aromatic N) is 8. The fourth-order valence-electron chi connectivity index (χ4n) is 17.2. The second-order valence-corrected chi connectivity index (χ2v) is 30.6. The topological polar surface area (TPSA) is 67.1 Å². The standard InChI is InChI=1S/3C23H26FN2.C22H24FN2/c1-14-12-20(15(2)16(3)21(14)24)23-19-11-7-10-18(17-8-5-6-9-17)22(19)25-13-26(23)4;1-14-11-19(15(2)16(3)22(14)24)23-20-12-18(17-7-5-6-8-17)9-10-21(20)25-13-26(23)4;1-14-11-20(15(2)16(3)22(14)24)23-19-10-9-18(17-7-5-6-8-17)12-21(19)25-13-26(23)4;1-13-11-19(14(2)15(3)20(13)23)22-18-10-6-9-17(16-7-5-8-16)21(18)24-12-25(22)4/h7,10-13,17H,5-6,8-9H2,1-4H3;2*9-13,17H,5-8H2,1-4H3;6,9-12,16H,5,7-8H2,1-4H3/q4*+1.